The van der Waals surface area contributed by atoms with Gasteiger partial charge in [-0.1, -0.05) is 0 Å². The van der Waals surface area contributed by atoms with E-state index in [0.29, 0.717) is 29.2 Å². The number of hydrogen-bond acceptors (Lipinski definition) is 6. The first-order chi connectivity index (χ1) is 11.9. The molecule has 2 aliphatic rings. The summed E-state index contributed by atoms with van der Waals surface area (Å²) in [5, 5.41) is 0. The fraction of sp³-hybridized carbons (Fsp3) is 0.789. The molecule has 2 fully saturated rings. The molecule has 6 heteroatoms. The minimum Gasteiger partial charge on any atom is -0.381 e. The Hall–Kier alpha value is -1.40. The van der Waals surface area contributed by atoms with Gasteiger partial charge >= 0.3 is 0 Å². The number of hydrogen-bond donors (Lipinski definition) is 2. The predicted octanol–water partition coefficient (Wildman–Crippen LogP) is 2.87. The van der Waals surface area contributed by atoms with E-state index in [1.807, 2.05) is 6.92 Å². The molecule has 1 aliphatic heterocycles. The molecule has 0 amide bonds. The number of ether oxygens (including phenoxy) is 1. The molecule has 1 aliphatic carbocycles. The highest BCUT2D eigenvalue weighted by Crippen LogP contribution is 2.39. The Kier molecular flexibility index (Phi) is 5.49. The molecule has 140 valence electrons. The van der Waals surface area contributed by atoms with E-state index >= 15 is 0 Å². The predicted molar refractivity (Wildman–Crippen MR) is 101 cm³/mol. The monoisotopic (exact) mass is 347 g/mol. The molecule has 1 aromatic heterocycles. The Labute approximate surface area is 151 Å². The molecule has 0 radical (unpaired) electrons. The highest BCUT2D eigenvalue weighted by molar-refractivity contribution is 5.53. The third kappa shape index (κ3) is 3.90. The zero-order valence-corrected chi connectivity index (χ0v) is 15.9. The Balaban J connectivity index is 1.60. The van der Waals surface area contributed by atoms with Crippen LogP contribution in [-0.4, -0.2) is 46.2 Å². The smallest absolute Gasteiger partial charge is 0.166 e. The van der Waals surface area contributed by atoms with Gasteiger partial charge in [0, 0.05) is 18.1 Å². The lowest BCUT2D eigenvalue weighted by molar-refractivity contribution is -0.0252. The van der Waals surface area contributed by atoms with Gasteiger partial charge in [0.25, 0.3) is 0 Å². The van der Waals surface area contributed by atoms with Crippen molar-refractivity contribution in [1.29, 1.82) is 0 Å². The number of nitrogen functional groups attached to an aromatic ring is 2. The molecule has 6 nitrogen and oxygen atoms in total. The van der Waals surface area contributed by atoms with Crippen LogP contribution in [-0.2, 0) is 4.74 Å². The third-order valence-electron chi connectivity index (χ3n) is 6.22. The molecule has 4 N–H and O–H groups in total. The first kappa shape index (κ1) is 18.4. The van der Waals surface area contributed by atoms with Crippen LogP contribution >= 0.6 is 0 Å². The minimum atomic E-state index is 0.319. The maximum atomic E-state index is 5.88. The van der Waals surface area contributed by atoms with Crippen LogP contribution in [0, 0.1) is 6.92 Å². The fourth-order valence-electron chi connectivity index (χ4n) is 4.57. The summed E-state index contributed by atoms with van der Waals surface area (Å²) < 4.78 is 5.82. The van der Waals surface area contributed by atoms with Crippen molar-refractivity contribution < 1.29 is 4.74 Å². The first-order valence-corrected chi connectivity index (χ1v) is 9.69. The molecule has 0 aromatic carbocycles. The average molecular weight is 348 g/mol. The maximum absolute atomic E-state index is 5.88. The summed E-state index contributed by atoms with van der Waals surface area (Å²) in [6.07, 6.45) is 7.53. The zero-order valence-electron chi connectivity index (χ0n) is 15.9. The van der Waals surface area contributed by atoms with Crippen LogP contribution in [0.4, 0.5) is 11.6 Å². The second-order valence-corrected chi connectivity index (χ2v) is 7.88. The van der Waals surface area contributed by atoms with Crippen molar-refractivity contribution in [3.8, 4) is 0 Å². The number of nitrogens with zero attached hydrogens (tertiary/aromatic N) is 3. The summed E-state index contributed by atoms with van der Waals surface area (Å²) in [6.45, 7) is 9.58. The lowest BCUT2D eigenvalue weighted by atomic mass is 9.78. The Morgan fingerprint density at radius 2 is 1.68 bits per heavy atom. The normalized spacial score (nSPS) is 29.0. The zero-order chi connectivity index (χ0) is 18.0. The van der Waals surface area contributed by atoms with Gasteiger partial charge in [-0.2, -0.15) is 0 Å². The van der Waals surface area contributed by atoms with Crippen LogP contribution in [0.2, 0.25) is 0 Å². The van der Waals surface area contributed by atoms with E-state index in [1.165, 1.54) is 25.7 Å². The number of aryl methyl sites for hydroxylation is 1. The van der Waals surface area contributed by atoms with Gasteiger partial charge in [-0.05, 0) is 72.4 Å². The number of anilines is 2. The highest BCUT2D eigenvalue weighted by Gasteiger charge is 2.38. The van der Waals surface area contributed by atoms with E-state index in [2.05, 4.69) is 28.7 Å². The molecular weight excluding hydrogens is 314 g/mol. The average Bonchev–Trinajstić information content (AvgIpc) is 2.61. The van der Waals surface area contributed by atoms with Crippen LogP contribution in [0.15, 0.2) is 0 Å². The van der Waals surface area contributed by atoms with Gasteiger partial charge in [-0.15, -0.1) is 0 Å². The molecule has 0 unspecified atom stereocenters. The van der Waals surface area contributed by atoms with Gasteiger partial charge in [-0.3, -0.25) is 4.90 Å². The summed E-state index contributed by atoms with van der Waals surface area (Å²) >= 11 is 0. The Bertz CT molecular complexity index is 590. The van der Waals surface area contributed by atoms with E-state index in [1.54, 1.807) is 0 Å². The summed E-state index contributed by atoms with van der Waals surface area (Å²) in [7, 11) is 0. The fourth-order valence-corrected chi connectivity index (χ4v) is 4.57. The number of piperidine rings is 1. The SMILES string of the molecule is CCOC1CCC(C)(N2CCC(c3nc(N)c(N)nc3C)CC2)CC1. The van der Waals surface area contributed by atoms with Crippen LogP contribution < -0.4 is 11.5 Å². The van der Waals surface area contributed by atoms with E-state index in [4.69, 9.17) is 16.2 Å². The molecule has 0 bridgehead atoms. The Morgan fingerprint density at radius 3 is 2.28 bits per heavy atom. The maximum Gasteiger partial charge on any atom is 0.166 e. The molecule has 3 rings (SSSR count). The number of aromatic nitrogens is 2. The van der Waals surface area contributed by atoms with Gasteiger partial charge in [0.1, 0.15) is 0 Å². The van der Waals surface area contributed by atoms with Crippen molar-refractivity contribution in [2.24, 2.45) is 0 Å². The summed E-state index contributed by atoms with van der Waals surface area (Å²) in [4.78, 5) is 11.6. The lowest BCUT2D eigenvalue weighted by Gasteiger charge is -2.48. The van der Waals surface area contributed by atoms with Gasteiger partial charge in [0.15, 0.2) is 11.6 Å². The van der Waals surface area contributed by atoms with Gasteiger partial charge in [0.2, 0.25) is 0 Å². The van der Waals surface area contributed by atoms with E-state index in [9.17, 15) is 0 Å². The van der Waals surface area contributed by atoms with Crippen molar-refractivity contribution in [1.82, 2.24) is 14.9 Å². The molecule has 2 heterocycles. The minimum absolute atomic E-state index is 0.319. The van der Waals surface area contributed by atoms with Crippen molar-refractivity contribution in [2.45, 2.75) is 76.9 Å². The van der Waals surface area contributed by atoms with Gasteiger partial charge < -0.3 is 16.2 Å². The highest BCUT2D eigenvalue weighted by atomic mass is 16.5. The number of nitrogens with two attached hydrogens (primary N) is 2. The summed E-state index contributed by atoms with van der Waals surface area (Å²) in [5.41, 5.74) is 13.9. The Morgan fingerprint density at radius 1 is 1.08 bits per heavy atom. The molecule has 1 aromatic rings. The molecule has 25 heavy (non-hydrogen) atoms. The first-order valence-electron chi connectivity index (χ1n) is 9.69. The van der Waals surface area contributed by atoms with Crippen LogP contribution in [0.25, 0.3) is 0 Å². The van der Waals surface area contributed by atoms with Crippen molar-refractivity contribution in [2.75, 3.05) is 31.2 Å². The van der Waals surface area contributed by atoms with Crippen molar-refractivity contribution >= 4 is 11.6 Å². The quantitative estimate of drug-likeness (QED) is 0.870. The van der Waals surface area contributed by atoms with Gasteiger partial charge in [0.05, 0.1) is 17.5 Å². The lowest BCUT2D eigenvalue weighted by Crippen LogP contribution is -2.52. The second-order valence-electron chi connectivity index (χ2n) is 7.88. The van der Waals surface area contributed by atoms with Crippen molar-refractivity contribution in [3.63, 3.8) is 0 Å². The molecule has 0 atom stereocenters. The molecule has 1 saturated heterocycles. The third-order valence-corrected chi connectivity index (χ3v) is 6.22. The van der Waals surface area contributed by atoms with E-state index in [0.717, 1.165) is 43.9 Å². The van der Waals surface area contributed by atoms with E-state index in [-0.39, 0.29) is 0 Å². The summed E-state index contributed by atoms with van der Waals surface area (Å²) in [5.74, 6) is 1.15. The summed E-state index contributed by atoms with van der Waals surface area (Å²) in [6, 6.07) is 0. The molecular formula is C19H33N5O. The topological polar surface area (TPSA) is 90.3 Å². The number of likely N-dealkylation sites (tertiary alicyclic amines) is 1. The standard InChI is InChI=1S/C19H33N5O/c1-4-25-15-5-9-19(3,10-6-15)24-11-7-14(8-12-24)16-13(2)22-17(20)18(21)23-16/h14-15H,4-12H2,1-3H3,(H2,20,22)(H2,21,23). The molecule has 1 saturated carbocycles. The van der Waals surface area contributed by atoms with Gasteiger partial charge in [-0.25, -0.2) is 9.97 Å². The largest absolute Gasteiger partial charge is 0.381 e. The van der Waals surface area contributed by atoms with Crippen molar-refractivity contribution in [3.05, 3.63) is 11.4 Å². The second kappa shape index (κ2) is 7.46. The number of rotatable bonds is 4. The van der Waals surface area contributed by atoms with E-state index < -0.39 is 0 Å². The van der Waals surface area contributed by atoms with Crippen LogP contribution in [0.1, 0.15) is 69.7 Å². The van der Waals surface area contributed by atoms with Crippen LogP contribution in [0.3, 0.4) is 0 Å². The van der Waals surface area contributed by atoms with Crippen LogP contribution in [0.5, 0.6) is 0 Å². The molecule has 0 spiro atoms.